The van der Waals surface area contributed by atoms with Crippen LogP contribution in [-0.2, 0) is 0 Å². The number of rotatable bonds is 3. The molecule has 17 heavy (non-hydrogen) atoms. The number of para-hydroxylation sites is 1. The van der Waals surface area contributed by atoms with Crippen molar-refractivity contribution in [2.75, 3.05) is 5.43 Å². The van der Waals surface area contributed by atoms with Gasteiger partial charge >= 0.3 is 0 Å². The minimum atomic E-state index is -0.144. The zero-order chi connectivity index (χ0) is 12.1. The standard InChI is InChI=1S/C13H11BrN2O/c14-16(15-12-9-5-2-6-10-12)13(17)11-7-3-1-4-8-11/h1-10,15H. The molecule has 2 aromatic carbocycles. The van der Waals surface area contributed by atoms with Gasteiger partial charge in [-0.15, -0.1) is 0 Å². The molecule has 0 heterocycles. The molecule has 0 saturated carbocycles. The minimum absolute atomic E-state index is 0.144. The van der Waals surface area contributed by atoms with Crippen molar-refractivity contribution in [2.45, 2.75) is 0 Å². The third kappa shape index (κ3) is 3.07. The Bertz CT molecular complexity index is 487. The molecule has 0 spiro atoms. The van der Waals surface area contributed by atoms with E-state index in [0.29, 0.717) is 5.56 Å². The summed E-state index contributed by atoms with van der Waals surface area (Å²) < 4.78 is 1.29. The highest BCUT2D eigenvalue weighted by Crippen LogP contribution is 2.12. The van der Waals surface area contributed by atoms with Gasteiger partial charge in [-0.05, 0) is 24.3 Å². The molecule has 0 atom stereocenters. The van der Waals surface area contributed by atoms with Crippen molar-refractivity contribution in [1.29, 1.82) is 0 Å². The molecule has 0 bridgehead atoms. The van der Waals surface area contributed by atoms with Crippen LogP contribution < -0.4 is 5.43 Å². The summed E-state index contributed by atoms with van der Waals surface area (Å²) in [6.45, 7) is 0. The zero-order valence-electron chi connectivity index (χ0n) is 9.01. The number of hydrogen-bond acceptors (Lipinski definition) is 2. The molecule has 0 fully saturated rings. The van der Waals surface area contributed by atoms with Crippen molar-refractivity contribution in [3.8, 4) is 0 Å². The maximum atomic E-state index is 12.0. The quantitative estimate of drug-likeness (QED) is 0.693. The SMILES string of the molecule is O=C(c1ccccc1)N(Br)Nc1ccccc1. The second-order valence-electron chi connectivity index (χ2n) is 3.43. The number of halogens is 1. The van der Waals surface area contributed by atoms with E-state index in [1.165, 1.54) is 4.03 Å². The summed E-state index contributed by atoms with van der Waals surface area (Å²) in [7, 11) is 0. The first-order valence-corrected chi connectivity index (χ1v) is 5.85. The Hall–Kier alpha value is -1.81. The highest BCUT2D eigenvalue weighted by atomic mass is 79.9. The number of nitrogens with zero attached hydrogens (tertiary/aromatic N) is 1. The molecule has 2 aromatic rings. The fourth-order valence-electron chi connectivity index (χ4n) is 1.37. The fraction of sp³-hybridized carbons (Fsp3) is 0. The summed E-state index contributed by atoms with van der Waals surface area (Å²) in [5, 5.41) is 0. The fourth-order valence-corrected chi connectivity index (χ4v) is 1.78. The van der Waals surface area contributed by atoms with Crippen LogP contribution in [0.2, 0.25) is 0 Å². The van der Waals surface area contributed by atoms with Gasteiger partial charge in [0, 0.05) is 5.56 Å². The van der Waals surface area contributed by atoms with Crippen LogP contribution in [0.4, 0.5) is 5.69 Å². The average Bonchev–Trinajstić information content (AvgIpc) is 2.40. The number of nitrogens with one attached hydrogen (secondary N) is 1. The second-order valence-corrected chi connectivity index (χ2v) is 4.14. The lowest BCUT2D eigenvalue weighted by Gasteiger charge is -2.16. The van der Waals surface area contributed by atoms with Gasteiger partial charge in [-0.1, -0.05) is 36.4 Å². The van der Waals surface area contributed by atoms with Crippen LogP contribution in [0, 0.1) is 0 Å². The normalized spacial score (nSPS) is 9.71. The lowest BCUT2D eigenvalue weighted by Crippen LogP contribution is -2.26. The predicted octanol–water partition coefficient (Wildman–Crippen LogP) is 3.47. The van der Waals surface area contributed by atoms with E-state index in [1.807, 2.05) is 48.5 Å². The van der Waals surface area contributed by atoms with E-state index in [0.717, 1.165) is 5.69 Å². The highest BCUT2D eigenvalue weighted by Gasteiger charge is 2.12. The number of benzene rings is 2. The van der Waals surface area contributed by atoms with Crippen LogP contribution in [0.3, 0.4) is 0 Å². The Morgan fingerprint density at radius 1 is 0.941 bits per heavy atom. The van der Waals surface area contributed by atoms with Gasteiger partial charge in [0.2, 0.25) is 0 Å². The largest absolute Gasteiger partial charge is 0.285 e. The van der Waals surface area contributed by atoms with E-state index in [2.05, 4.69) is 21.6 Å². The van der Waals surface area contributed by atoms with Crippen LogP contribution in [0.1, 0.15) is 10.4 Å². The topological polar surface area (TPSA) is 32.3 Å². The lowest BCUT2D eigenvalue weighted by atomic mass is 10.2. The summed E-state index contributed by atoms with van der Waals surface area (Å²) in [6, 6.07) is 18.5. The number of amides is 1. The molecule has 2 rings (SSSR count). The molecular formula is C13H11BrN2O. The predicted molar refractivity (Wildman–Crippen MR) is 71.6 cm³/mol. The van der Waals surface area contributed by atoms with Crippen molar-refractivity contribution in [3.63, 3.8) is 0 Å². The van der Waals surface area contributed by atoms with Crippen molar-refractivity contribution < 1.29 is 4.79 Å². The number of anilines is 1. The van der Waals surface area contributed by atoms with Gasteiger partial charge in [0.15, 0.2) is 0 Å². The Morgan fingerprint density at radius 2 is 1.47 bits per heavy atom. The Balaban J connectivity index is 2.06. The first kappa shape index (κ1) is 11.7. The summed E-state index contributed by atoms with van der Waals surface area (Å²) >= 11 is 3.19. The molecule has 1 amide bonds. The smallest absolute Gasteiger partial charge is 0.282 e. The van der Waals surface area contributed by atoms with E-state index in [-0.39, 0.29) is 5.91 Å². The summed E-state index contributed by atoms with van der Waals surface area (Å²) in [6.07, 6.45) is 0. The van der Waals surface area contributed by atoms with E-state index >= 15 is 0 Å². The van der Waals surface area contributed by atoms with Gasteiger partial charge in [-0.25, -0.2) is 0 Å². The number of hydrogen-bond donors (Lipinski definition) is 1. The third-order valence-electron chi connectivity index (χ3n) is 2.20. The molecule has 86 valence electrons. The van der Waals surface area contributed by atoms with Gasteiger partial charge in [0.1, 0.15) is 0 Å². The maximum absolute atomic E-state index is 12.0. The molecule has 3 nitrogen and oxygen atoms in total. The molecular weight excluding hydrogens is 280 g/mol. The first-order chi connectivity index (χ1) is 8.27. The molecule has 0 aromatic heterocycles. The second kappa shape index (κ2) is 5.50. The molecule has 0 unspecified atom stereocenters. The van der Waals surface area contributed by atoms with Crippen LogP contribution >= 0.6 is 16.1 Å². The Morgan fingerprint density at radius 3 is 2.06 bits per heavy atom. The van der Waals surface area contributed by atoms with Crippen molar-refractivity contribution >= 4 is 27.7 Å². The summed E-state index contributed by atoms with van der Waals surface area (Å²) in [5.41, 5.74) is 4.40. The van der Waals surface area contributed by atoms with Gasteiger partial charge in [-0.2, -0.15) is 4.03 Å². The van der Waals surface area contributed by atoms with Crippen LogP contribution in [0.15, 0.2) is 60.7 Å². The molecule has 0 aliphatic carbocycles. The van der Waals surface area contributed by atoms with Crippen LogP contribution in [0.5, 0.6) is 0 Å². The van der Waals surface area contributed by atoms with Gasteiger partial charge < -0.3 is 0 Å². The number of hydrazine groups is 1. The molecule has 1 N–H and O–H groups in total. The third-order valence-corrected chi connectivity index (χ3v) is 2.70. The zero-order valence-corrected chi connectivity index (χ0v) is 10.6. The van der Waals surface area contributed by atoms with Gasteiger partial charge in [-0.3, -0.25) is 10.2 Å². The lowest BCUT2D eigenvalue weighted by molar-refractivity contribution is 0.0897. The van der Waals surface area contributed by atoms with Crippen molar-refractivity contribution in [2.24, 2.45) is 0 Å². The van der Waals surface area contributed by atoms with Crippen LogP contribution in [0.25, 0.3) is 0 Å². The highest BCUT2D eigenvalue weighted by molar-refractivity contribution is 9.07. The number of carbonyl (C=O) groups excluding carboxylic acids is 1. The maximum Gasteiger partial charge on any atom is 0.282 e. The Labute approximate surface area is 108 Å². The molecule has 0 saturated heterocycles. The van der Waals surface area contributed by atoms with Crippen LogP contribution in [-0.4, -0.2) is 9.94 Å². The van der Waals surface area contributed by atoms with Gasteiger partial charge in [0.05, 0.1) is 21.8 Å². The molecule has 0 aliphatic heterocycles. The molecule has 0 aliphatic rings. The van der Waals surface area contributed by atoms with E-state index in [9.17, 15) is 4.79 Å². The molecule has 4 heteroatoms. The Kier molecular flexibility index (Phi) is 3.77. The number of carbonyl (C=O) groups is 1. The van der Waals surface area contributed by atoms with E-state index in [1.54, 1.807) is 12.1 Å². The van der Waals surface area contributed by atoms with E-state index < -0.39 is 0 Å². The van der Waals surface area contributed by atoms with E-state index in [4.69, 9.17) is 0 Å². The minimum Gasteiger partial charge on any atom is -0.285 e. The average molecular weight is 291 g/mol. The van der Waals surface area contributed by atoms with Gasteiger partial charge in [0.25, 0.3) is 5.91 Å². The molecule has 0 radical (unpaired) electrons. The van der Waals surface area contributed by atoms with Crippen molar-refractivity contribution in [1.82, 2.24) is 4.03 Å². The first-order valence-electron chi connectivity index (χ1n) is 5.14. The summed E-state index contributed by atoms with van der Waals surface area (Å²) in [4.78, 5) is 12.0. The summed E-state index contributed by atoms with van der Waals surface area (Å²) in [5.74, 6) is -0.144. The monoisotopic (exact) mass is 290 g/mol. The van der Waals surface area contributed by atoms with Crippen molar-refractivity contribution in [3.05, 3.63) is 66.2 Å².